The normalized spacial score (nSPS) is 10.4. The number of unbranched alkanes of at least 4 members (excludes halogenated alkanes) is 1. The Morgan fingerprint density at radius 2 is 1.71 bits per heavy atom. The van der Waals surface area contributed by atoms with E-state index in [0.29, 0.717) is 19.4 Å². The summed E-state index contributed by atoms with van der Waals surface area (Å²) in [6.07, 6.45) is 4.42. The van der Waals surface area contributed by atoms with Crippen LogP contribution in [0.1, 0.15) is 43.7 Å². The smallest absolute Gasteiger partial charge is 0.303 e. The molecule has 0 saturated heterocycles. The van der Waals surface area contributed by atoms with E-state index in [0.717, 1.165) is 12.0 Å². The van der Waals surface area contributed by atoms with Gasteiger partial charge in [0.25, 0.3) is 0 Å². The van der Waals surface area contributed by atoms with Crippen molar-refractivity contribution < 1.29 is 14.7 Å². The number of rotatable bonds is 9. The lowest BCUT2D eigenvalue weighted by molar-refractivity contribution is -0.138. The topological polar surface area (TPSA) is 57.6 Å². The van der Waals surface area contributed by atoms with Gasteiger partial charge in [-0.1, -0.05) is 37.6 Å². The monoisotopic (exact) mass is 291 g/mol. The van der Waals surface area contributed by atoms with Crippen molar-refractivity contribution in [1.82, 2.24) is 4.90 Å². The van der Waals surface area contributed by atoms with Crippen molar-refractivity contribution in [3.8, 4) is 0 Å². The molecule has 0 aliphatic carbocycles. The molecule has 1 N–H and O–H groups in total. The Labute approximate surface area is 126 Å². The first kappa shape index (κ1) is 17.2. The number of nitrogens with zero attached hydrogens (tertiary/aromatic N) is 1. The molecule has 0 aliphatic rings. The molecule has 1 rings (SSSR count). The van der Waals surface area contributed by atoms with E-state index in [-0.39, 0.29) is 12.3 Å². The molecule has 0 saturated carbocycles. The molecule has 0 spiro atoms. The van der Waals surface area contributed by atoms with Crippen molar-refractivity contribution in [3.05, 3.63) is 35.4 Å². The van der Waals surface area contributed by atoms with Crippen molar-refractivity contribution in [2.75, 3.05) is 13.6 Å². The zero-order chi connectivity index (χ0) is 15.7. The number of carboxylic acids is 1. The summed E-state index contributed by atoms with van der Waals surface area (Å²) in [7, 11) is 1.72. The van der Waals surface area contributed by atoms with Gasteiger partial charge in [-0.3, -0.25) is 9.59 Å². The van der Waals surface area contributed by atoms with Gasteiger partial charge in [-0.15, -0.1) is 0 Å². The van der Waals surface area contributed by atoms with Crippen LogP contribution < -0.4 is 0 Å². The largest absolute Gasteiger partial charge is 0.481 e. The van der Waals surface area contributed by atoms with Gasteiger partial charge in [-0.2, -0.15) is 0 Å². The molecule has 1 aromatic rings. The molecule has 0 aliphatic heterocycles. The zero-order valence-electron chi connectivity index (χ0n) is 13.0. The van der Waals surface area contributed by atoms with E-state index in [1.54, 1.807) is 11.9 Å². The molecule has 4 nitrogen and oxygen atoms in total. The maximum absolute atomic E-state index is 12.0. The van der Waals surface area contributed by atoms with Gasteiger partial charge in [-0.05, 0) is 30.4 Å². The van der Waals surface area contributed by atoms with E-state index in [1.807, 2.05) is 12.1 Å². The van der Waals surface area contributed by atoms with E-state index >= 15 is 0 Å². The van der Waals surface area contributed by atoms with Crippen molar-refractivity contribution >= 4 is 11.9 Å². The van der Waals surface area contributed by atoms with Crippen molar-refractivity contribution in [3.63, 3.8) is 0 Å². The lowest BCUT2D eigenvalue weighted by atomic mass is 10.0. The fourth-order valence-corrected chi connectivity index (χ4v) is 2.11. The third-order valence-electron chi connectivity index (χ3n) is 3.51. The number of carbonyl (C=O) groups excluding carboxylic acids is 1. The number of amides is 1. The summed E-state index contributed by atoms with van der Waals surface area (Å²) in [6.45, 7) is 2.66. The molecular formula is C17H25NO3. The number of aryl methyl sites for hydroxylation is 1. The van der Waals surface area contributed by atoms with Crippen LogP contribution in [0.15, 0.2) is 24.3 Å². The first-order chi connectivity index (χ1) is 10.0. The van der Waals surface area contributed by atoms with Gasteiger partial charge in [0.15, 0.2) is 0 Å². The molecule has 0 bridgehead atoms. The van der Waals surface area contributed by atoms with Crippen molar-refractivity contribution in [2.24, 2.45) is 0 Å². The third-order valence-corrected chi connectivity index (χ3v) is 3.51. The van der Waals surface area contributed by atoms with Crippen LogP contribution in [0, 0.1) is 0 Å². The second-order valence-electron chi connectivity index (χ2n) is 5.41. The van der Waals surface area contributed by atoms with Crippen LogP contribution in [0.5, 0.6) is 0 Å². The Kier molecular flexibility index (Phi) is 7.51. The molecule has 1 amide bonds. The average molecular weight is 291 g/mol. The average Bonchev–Trinajstić information content (AvgIpc) is 2.46. The molecule has 4 heteroatoms. The second-order valence-corrected chi connectivity index (χ2v) is 5.41. The summed E-state index contributed by atoms with van der Waals surface area (Å²) in [5, 5.41) is 8.58. The Bertz CT molecular complexity index is 454. The SMILES string of the molecule is CCCCc1ccc(CC(=O)N(C)CCCC(=O)O)cc1. The quantitative estimate of drug-likeness (QED) is 0.761. The van der Waals surface area contributed by atoms with Gasteiger partial charge in [0, 0.05) is 20.0 Å². The molecule has 116 valence electrons. The van der Waals surface area contributed by atoms with E-state index < -0.39 is 5.97 Å². The predicted octanol–water partition coefficient (Wildman–Crippen LogP) is 2.89. The highest BCUT2D eigenvalue weighted by Crippen LogP contribution is 2.09. The van der Waals surface area contributed by atoms with Gasteiger partial charge < -0.3 is 10.0 Å². The summed E-state index contributed by atoms with van der Waals surface area (Å²) in [6, 6.07) is 8.19. The van der Waals surface area contributed by atoms with Crippen LogP contribution in [0.3, 0.4) is 0 Å². The molecule has 21 heavy (non-hydrogen) atoms. The molecule has 0 aromatic heterocycles. The third kappa shape index (κ3) is 6.93. The molecule has 0 fully saturated rings. The molecule has 1 aromatic carbocycles. The highest BCUT2D eigenvalue weighted by atomic mass is 16.4. The van der Waals surface area contributed by atoms with Gasteiger partial charge >= 0.3 is 5.97 Å². The van der Waals surface area contributed by atoms with Crippen LogP contribution in [-0.2, 0) is 22.4 Å². The summed E-state index contributed by atoms with van der Waals surface area (Å²) in [5.74, 6) is -0.791. The molecule has 0 heterocycles. The highest BCUT2D eigenvalue weighted by molar-refractivity contribution is 5.78. The van der Waals surface area contributed by atoms with E-state index in [4.69, 9.17) is 5.11 Å². The van der Waals surface area contributed by atoms with E-state index in [2.05, 4.69) is 19.1 Å². The van der Waals surface area contributed by atoms with Gasteiger partial charge in [0.2, 0.25) is 5.91 Å². The van der Waals surface area contributed by atoms with E-state index in [9.17, 15) is 9.59 Å². The number of carbonyl (C=O) groups is 2. The Balaban J connectivity index is 2.41. The van der Waals surface area contributed by atoms with Gasteiger partial charge in [0.05, 0.1) is 6.42 Å². The number of likely N-dealkylation sites (N-methyl/N-ethyl adjacent to an activating group) is 1. The Hall–Kier alpha value is -1.84. The van der Waals surface area contributed by atoms with Crippen LogP contribution in [0.4, 0.5) is 0 Å². The minimum absolute atomic E-state index is 0.0293. The number of hydrogen-bond acceptors (Lipinski definition) is 2. The van der Waals surface area contributed by atoms with Crippen LogP contribution in [-0.4, -0.2) is 35.5 Å². The number of benzene rings is 1. The van der Waals surface area contributed by atoms with Gasteiger partial charge in [-0.25, -0.2) is 0 Å². The lowest BCUT2D eigenvalue weighted by Crippen LogP contribution is -2.29. The maximum atomic E-state index is 12.0. The predicted molar refractivity (Wildman–Crippen MR) is 83.3 cm³/mol. The molecule has 0 atom stereocenters. The second kappa shape index (κ2) is 9.16. The van der Waals surface area contributed by atoms with Crippen LogP contribution in [0.2, 0.25) is 0 Å². The fraction of sp³-hybridized carbons (Fsp3) is 0.529. The number of aliphatic carboxylic acids is 1. The van der Waals surface area contributed by atoms with E-state index in [1.165, 1.54) is 18.4 Å². The van der Waals surface area contributed by atoms with Crippen LogP contribution >= 0.6 is 0 Å². The van der Waals surface area contributed by atoms with Gasteiger partial charge in [0.1, 0.15) is 0 Å². The number of hydrogen-bond donors (Lipinski definition) is 1. The minimum Gasteiger partial charge on any atom is -0.481 e. The summed E-state index contributed by atoms with van der Waals surface area (Å²) >= 11 is 0. The fourth-order valence-electron chi connectivity index (χ4n) is 2.11. The first-order valence-corrected chi connectivity index (χ1v) is 7.56. The summed E-state index contributed by atoms with van der Waals surface area (Å²) < 4.78 is 0. The Morgan fingerprint density at radius 1 is 1.10 bits per heavy atom. The summed E-state index contributed by atoms with van der Waals surface area (Å²) in [4.78, 5) is 24.1. The molecule has 0 unspecified atom stereocenters. The zero-order valence-corrected chi connectivity index (χ0v) is 13.0. The maximum Gasteiger partial charge on any atom is 0.303 e. The first-order valence-electron chi connectivity index (χ1n) is 7.56. The minimum atomic E-state index is -0.821. The standard InChI is InChI=1S/C17H25NO3/c1-3-4-6-14-8-10-15(11-9-14)13-16(19)18(2)12-5-7-17(20)21/h8-11H,3-7,12-13H2,1-2H3,(H,20,21). The molecule has 0 radical (unpaired) electrons. The highest BCUT2D eigenvalue weighted by Gasteiger charge is 2.10. The van der Waals surface area contributed by atoms with Crippen molar-refractivity contribution in [1.29, 1.82) is 0 Å². The lowest BCUT2D eigenvalue weighted by Gasteiger charge is -2.16. The Morgan fingerprint density at radius 3 is 2.29 bits per heavy atom. The summed E-state index contributed by atoms with van der Waals surface area (Å²) in [5.41, 5.74) is 2.31. The molecular weight excluding hydrogens is 266 g/mol. The van der Waals surface area contributed by atoms with Crippen LogP contribution in [0.25, 0.3) is 0 Å². The van der Waals surface area contributed by atoms with Crippen molar-refractivity contribution in [2.45, 2.75) is 45.4 Å². The number of carboxylic acid groups (broad SMARTS) is 1.